The summed E-state index contributed by atoms with van der Waals surface area (Å²) in [5.74, 6) is 1.17. The first-order valence-electron chi connectivity index (χ1n) is 6.06. The SMILES string of the molecule is COc1nc(Cl)nc(N(C)CC2CCCNC2)n1. The first kappa shape index (κ1) is 13.3. The van der Waals surface area contributed by atoms with E-state index < -0.39 is 0 Å². The molecule has 1 aromatic heterocycles. The van der Waals surface area contributed by atoms with Crippen LogP contribution in [0.1, 0.15) is 12.8 Å². The summed E-state index contributed by atoms with van der Waals surface area (Å²) < 4.78 is 4.99. The molecule has 1 aliphatic rings. The van der Waals surface area contributed by atoms with Gasteiger partial charge in [0.05, 0.1) is 7.11 Å². The smallest absolute Gasteiger partial charge is 0.322 e. The van der Waals surface area contributed by atoms with Crippen LogP contribution in [-0.2, 0) is 0 Å². The van der Waals surface area contributed by atoms with Crippen LogP contribution in [0.3, 0.4) is 0 Å². The number of nitrogens with one attached hydrogen (secondary N) is 1. The third-order valence-electron chi connectivity index (χ3n) is 3.03. The van der Waals surface area contributed by atoms with Crippen molar-refractivity contribution in [3.05, 3.63) is 5.28 Å². The van der Waals surface area contributed by atoms with Crippen LogP contribution in [-0.4, -0.2) is 48.7 Å². The summed E-state index contributed by atoms with van der Waals surface area (Å²) in [5.41, 5.74) is 0. The molecule has 1 saturated heterocycles. The highest BCUT2D eigenvalue weighted by atomic mass is 35.5. The maximum Gasteiger partial charge on any atom is 0.322 e. The summed E-state index contributed by atoms with van der Waals surface area (Å²) in [6.45, 7) is 3.06. The summed E-state index contributed by atoms with van der Waals surface area (Å²) >= 11 is 5.83. The summed E-state index contributed by atoms with van der Waals surface area (Å²) in [4.78, 5) is 14.2. The molecule has 1 fully saturated rings. The number of rotatable bonds is 4. The van der Waals surface area contributed by atoms with Crippen molar-refractivity contribution in [1.29, 1.82) is 0 Å². The van der Waals surface area contributed by atoms with Crippen molar-refractivity contribution in [2.24, 2.45) is 5.92 Å². The predicted octanol–water partition coefficient (Wildman–Crippen LogP) is 0.969. The van der Waals surface area contributed by atoms with Gasteiger partial charge in [0.2, 0.25) is 11.2 Å². The maximum atomic E-state index is 5.83. The average molecular weight is 272 g/mol. The number of halogens is 1. The Morgan fingerprint density at radius 3 is 2.94 bits per heavy atom. The van der Waals surface area contributed by atoms with Crippen LogP contribution in [0.5, 0.6) is 6.01 Å². The predicted molar refractivity (Wildman–Crippen MR) is 70.3 cm³/mol. The molecule has 1 unspecified atom stereocenters. The second kappa shape index (κ2) is 6.15. The lowest BCUT2D eigenvalue weighted by atomic mass is 9.99. The van der Waals surface area contributed by atoms with Crippen molar-refractivity contribution >= 4 is 17.5 Å². The van der Waals surface area contributed by atoms with Crippen molar-refractivity contribution in [3.63, 3.8) is 0 Å². The van der Waals surface area contributed by atoms with E-state index in [0.717, 1.165) is 19.6 Å². The van der Waals surface area contributed by atoms with Crippen LogP contribution >= 0.6 is 11.6 Å². The van der Waals surface area contributed by atoms with E-state index in [1.165, 1.54) is 20.0 Å². The van der Waals surface area contributed by atoms with Gasteiger partial charge in [-0.25, -0.2) is 0 Å². The largest absolute Gasteiger partial charge is 0.467 e. The number of hydrogen-bond donors (Lipinski definition) is 1. The Kier molecular flexibility index (Phi) is 4.54. The summed E-state index contributed by atoms with van der Waals surface area (Å²) in [6.07, 6.45) is 2.45. The molecule has 0 spiro atoms. The van der Waals surface area contributed by atoms with Crippen molar-refractivity contribution in [3.8, 4) is 6.01 Å². The molecular weight excluding hydrogens is 254 g/mol. The highest BCUT2D eigenvalue weighted by Gasteiger charge is 2.17. The molecule has 0 aromatic carbocycles. The standard InChI is InChI=1S/C11H18ClN5O/c1-17(7-8-4-3-5-13-6-8)10-14-9(12)15-11(16-10)18-2/h8,13H,3-7H2,1-2H3. The quantitative estimate of drug-likeness (QED) is 0.880. The lowest BCUT2D eigenvalue weighted by Gasteiger charge is -2.27. The number of piperidine rings is 1. The molecule has 100 valence electrons. The van der Waals surface area contributed by atoms with Gasteiger partial charge in [-0.05, 0) is 43.5 Å². The molecule has 2 rings (SSSR count). The molecule has 7 heteroatoms. The van der Waals surface area contributed by atoms with Gasteiger partial charge in [-0.1, -0.05) is 0 Å². The Labute approximate surface area is 112 Å². The van der Waals surface area contributed by atoms with E-state index in [9.17, 15) is 0 Å². The number of ether oxygens (including phenoxy) is 1. The van der Waals surface area contributed by atoms with E-state index in [2.05, 4.69) is 20.3 Å². The summed E-state index contributed by atoms with van der Waals surface area (Å²) in [7, 11) is 3.47. The molecular formula is C11H18ClN5O. The van der Waals surface area contributed by atoms with Gasteiger partial charge in [0.25, 0.3) is 0 Å². The zero-order valence-corrected chi connectivity index (χ0v) is 11.4. The topological polar surface area (TPSA) is 63.2 Å². The third-order valence-corrected chi connectivity index (χ3v) is 3.20. The zero-order valence-electron chi connectivity index (χ0n) is 10.7. The first-order chi connectivity index (χ1) is 8.69. The fraction of sp³-hybridized carbons (Fsp3) is 0.727. The number of nitrogens with zero attached hydrogens (tertiary/aromatic N) is 4. The molecule has 18 heavy (non-hydrogen) atoms. The lowest BCUT2D eigenvalue weighted by Crippen LogP contribution is -2.37. The second-order valence-corrected chi connectivity index (χ2v) is 4.82. The monoisotopic (exact) mass is 271 g/mol. The number of methoxy groups -OCH3 is 1. The van der Waals surface area contributed by atoms with E-state index >= 15 is 0 Å². The Morgan fingerprint density at radius 2 is 2.28 bits per heavy atom. The van der Waals surface area contributed by atoms with E-state index in [-0.39, 0.29) is 11.3 Å². The van der Waals surface area contributed by atoms with E-state index in [0.29, 0.717) is 11.9 Å². The third kappa shape index (κ3) is 3.43. The van der Waals surface area contributed by atoms with Gasteiger partial charge in [0.15, 0.2) is 0 Å². The first-order valence-corrected chi connectivity index (χ1v) is 6.44. The van der Waals surface area contributed by atoms with Gasteiger partial charge in [0, 0.05) is 13.6 Å². The van der Waals surface area contributed by atoms with Gasteiger partial charge >= 0.3 is 6.01 Å². The minimum atomic E-state index is 0.158. The van der Waals surface area contributed by atoms with Crippen LogP contribution < -0.4 is 15.0 Å². The Balaban J connectivity index is 2.02. The number of hydrogen-bond acceptors (Lipinski definition) is 6. The van der Waals surface area contributed by atoms with Crippen molar-refractivity contribution in [2.45, 2.75) is 12.8 Å². The Hall–Kier alpha value is -1.14. The highest BCUT2D eigenvalue weighted by Crippen LogP contribution is 2.17. The molecule has 1 aromatic rings. The summed E-state index contributed by atoms with van der Waals surface area (Å²) in [5, 5.41) is 3.55. The molecule has 0 radical (unpaired) electrons. The van der Waals surface area contributed by atoms with E-state index in [4.69, 9.17) is 16.3 Å². The van der Waals surface area contributed by atoms with Gasteiger partial charge in [-0.2, -0.15) is 15.0 Å². The molecule has 6 nitrogen and oxygen atoms in total. The molecule has 2 heterocycles. The number of anilines is 1. The molecule has 0 aliphatic carbocycles. The van der Waals surface area contributed by atoms with Gasteiger partial charge in [0.1, 0.15) is 0 Å². The van der Waals surface area contributed by atoms with Gasteiger partial charge in [-0.3, -0.25) is 0 Å². The number of aromatic nitrogens is 3. The molecule has 0 bridgehead atoms. The van der Waals surface area contributed by atoms with Crippen LogP contribution in [0.2, 0.25) is 5.28 Å². The minimum absolute atomic E-state index is 0.158. The van der Waals surface area contributed by atoms with Crippen LogP contribution in [0.4, 0.5) is 5.95 Å². The Bertz CT molecular complexity index is 397. The Morgan fingerprint density at radius 1 is 1.44 bits per heavy atom. The van der Waals surface area contributed by atoms with Crippen LogP contribution in [0.25, 0.3) is 0 Å². The molecule has 1 atom stereocenters. The van der Waals surface area contributed by atoms with E-state index in [1.54, 1.807) is 0 Å². The zero-order chi connectivity index (χ0) is 13.0. The van der Waals surface area contributed by atoms with Gasteiger partial charge in [-0.15, -0.1) is 0 Å². The highest BCUT2D eigenvalue weighted by molar-refractivity contribution is 6.28. The van der Waals surface area contributed by atoms with Gasteiger partial charge < -0.3 is 15.0 Å². The minimum Gasteiger partial charge on any atom is -0.467 e. The van der Waals surface area contributed by atoms with E-state index in [1.807, 2.05) is 11.9 Å². The van der Waals surface area contributed by atoms with Crippen molar-refractivity contribution in [1.82, 2.24) is 20.3 Å². The summed E-state index contributed by atoms with van der Waals surface area (Å²) in [6, 6.07) is 0.249. The molecule has 1 aliphatic heterocycles. The second-order valence-electron chi connectivity index (χ2n) is 4.48. The van der Waals surface area contributed by atoms with Crippen molar-refractivity contribution in [2.75, 3.05) is 38.7 Å². The molecule has 1 N–H and O–H groups in total. The van der Waals surface area contributed by atoms with Crippen molar-refractivity contribution < 1.29 is 4.74 Å². The molecule has 0 amide bonds. The van der Waals surface area contributed by atoms with Crippen LogP contribution in [0, 0.1) is 5.92 Å². The average Bonchev–Trinajstić information content (AvgIpc) is 2.39. The lowest BCUT2D eigenvalue weighted by molar-refractivity contribution is 0.371. The maximum absolute atomic E-state index is 5.83. The normalized spacial score (nSPS) is 19.6. The fourth-order valence-corrected chi connectivity index (χ4v) is 2.28. The molecule has 0 saturated carbocycles. The fourth-order valence-electron chi connectivity index (χ4n) is 2.13. The van der Waals surface area contributed by atoms with Crippen LogP contribution in [0.15, 0.2) is 0 Å².